The zero-order chi connectivity index (χ0) is 12.4. The minimum absolute atomic E-state index is 0.146. The molecule has 0 spiro atoms. The lowest BCUT2D eigenvalue weighted by Crippen LogP contribution is -2.40. The van der Waals surface area contributed by atoms with Crippen molar-refractivity contribution >= 4 is 15.7 Å². The van der Waals surface area contributed by atoms with Crippen LogP contribution in [-0.2, 0) is 10.0 Å². The summed E-state index contributed by atoms with van der Waals surface area (Å²) >= 11 is 0. The second-order valence-electron chi connectivity index (χ2n) is 4.50. The molecule has 0 amide bonds. The van der Waals surface area contributed by atoms with E-state index in [4.69, 9.17) is 5.84 Å². The van der Waals surface area contributed by atoms with Crippen LogP contribution in [0.15, 0.2) is 29.2 Å². The molecule has 1 aromatic carbocycles. The van der Waals surface area contributed by atoms with Crippen molar-refractivity contribution in [3.63, 3.8) is 0 Å². The Morgan fingerprint density at radius 1 is 1.19 bits per heavy atom. The number of para-hydroxylation sites is 1. The van der Waals surface area contributed by atoms with Crippen molar-refractivity contribution < 1.29 is 8.42 Å². The highest BCUT2D eigenvalue weighted by molar-refractivity contribution is 7.89. The Hall–Kier alpha value is -1.11. The van der Waals surface area contributed by atoms with Crippen molar-refractivity contribution in [3.8, 4) is 0 Å². The van der Waals surface area contributed by atoms with Gasteiger partial charge in [0.1, 0.15) is 4.90 Å². The fraction of sp³-hybridized carbons (Fsp3) is 0.400. The third-order valence-electron chi connectivity index (χ3n) is 1.77. The summed E-state index contributed by atoms with van der Waals surface area (Å²) in [5.74, 6) is 5.27. The molecule has 0 atom stereocenters. The number of benzene rings is 1. The van der Waals surface area contributed by atoms with Gasteiger partial charge in [0.15, 0.2) is 0 Å². The number of nitrogens with two attached hydrogens (primary N) is 1. The average Bonchev–Trinajstić information content (AvgIpc) is 2.14. The van der Waals surface area contributed by atoms with E-state index in [0.717, 1.165) is 0 Å². The van der Waals surface area contributed by atoms with Gasteiger partial charge in [-0.15, -0.1) is 0 Å². The molecule has 0 aliphatic rings. The highest BCUT2D eigenvalue weighted by Gasteiger charge is 2.23. The Labute approximate surface area is 96.1 Å². The molecule has 1 rings (SSSR count). The maximum absolute atomic E-state index is 12.0. The number of hydrazine groups is 1. The van der Waals surface area contributed by atoms with Gasteiger partial charge in [-0.05, 0) is 32.9 Å². The first kappa shape index (κ1) is 13.0. The molecule has 16 heavy (non-hydrogen) atoms. The molecule has 0 bridgehead atoms. The molecule has 0 aromatic heterocycles. The van der Waals surface area contributed by atoms with Gasteiger partial charge in [-0.3, -0.25) is 5.84 Å². The minimum atomic E-state index is -3.55. The molecule has 0 fully saturated rings. The summed E-state index contributed by atoms with van der Waals surface area (Å²) in [7, 11) is -3.55. The Bertz CT molecular complexity index is 463. The maximum atomic E-state index is 12.0. The van der Waals surface area contributed by atoms with E-state index in [-0.39, 0.29) is 4.90 Å². The van der Waals surface area contributed by atoms with E-state index in [0.29, 0.717) is 5.69 Å². The highest BCUT2D eigenvalue weighted by Crippen LogP contribution is 2.20. The maximum Gasteiger partial charge on any atom is 0.243 e. The Kier molecular flexibility index (Phi) is 3.57. The largest absolute Gasteiger partial charge is 0.323 e. The van der Waals surface area contributed by atoms with Crippen LogP contribution in [0.25, 0.3) is 0 Å². The number of nitrogens with one attached hydrogen (secondary N) is 2. The van der Waals surface area contributed by atoms with Gasteiger partial charge >= 0.3 is 0 Å². The van der Waals surface area contributed by atoms with E-state index >= 15 is 0 Å². The molecular weight excluding hydrogens is 226 g/mol. The van der Waals surface area contributed by atoms with Crippen LogP contribution in [0, 0.1) is 0 Å². The van der Waals surface area contributed by atoms with Crippen LogP contribution in [0.4, 0.5) is 5.69 Å². The number of hydrogen-bond donors (Lipinski definition) is 3. The van der Waals surface area contributed by atoms with Gasteiger partial charge in [-0.2, -0.15) is 0 Å². The second-order valence-corrected chi connectivity index (χ2v) is 6.15. The van der Waals surface area contributed by atoms with Gasteiger partial charge < -0.3 is 5.43 Å². The quantitative estimate of drug-likeness (QED) is 0.547. The first-order valence-electron chi connectivity index (χ1n) is 4.86. The lowest BCUT2D eigenvalue weighted by molar-refractivity contribution is 0.491. The smallest absolute Gasteiger partial charge is 0.243 e. The molecule has 0 unspecified atom stereocenters. The van der Waals surface area contributed by atoms with Crippen molar-refractivity contribution in [3.05, 3.63) is 24.3 Å². The molecule has 5 nitrogen and oxygen atoms in total. The first-order valence-corrected chi connectivity index (χ1v) is 6.34. The molecule has 1 aromatic rings. The lowest BCUT2D eigenvalue weighted by atomic mass is 10.1. The molecule has 4 N–H and O–H groups in total. The van der Waals surface area contributed by atoms with Crippen LogP contribution in [0.2, 0.25) is 0 Å². The van der Waals surface area contributed by atoms with Crippen molar-refractivity contribution in [2.75, 3.05) is 5.43 Å². The number of rotatable bonds is 3. The summed E-state index contributed by atoms with van der Waals surface area (Å²) in [6.07, 6.45) is 0. The van der Waals surface area contributed by atoms with Crippen LogP contribution in [0.3, 0.4) is 0 Å². The fourth-order valence-electron chi connectivity index (χ4n) is 1.28. The van der Waals surface area contributed by atoms with Gasteiger partial charge in [0.2, 0.25) is 10.0 Å². The van der Waals surface area contributed by atoms with Gasteiger partial charge in [-0.25, -0.2) is 13.1 Å². The molecule has 0 aliphatic carbocycles. The second kappa shape index (κ2) is 4.40. The normalized spacial score (nSPS) is 12.5. The summed E-state index contributed by atoms with van der Waals surface area (Å²) in [6.45, 7) is 5.34. The topological polar surface area (TPSA) is 84.2 Å². The number of nitrogen functional groups attached to an aromatic ring is 1. The summed E-state index contributed by atoms with van der Waals surface area (Å²) in [4.78, 5) is 0.146. The third-order valence-corrected chi connectivity index (χ3v) is 3.59. The number of hydrogen-bond acceptors (Lipinski definition) is 4. The van der Waals surface area contributed by atoms with E-state index in [9.17, 15) is 8.42 Å². The van der Waals surface area contributed by atoms with Crippen molar-refractivity contribution in [1.82, 2.24) is 4.72 Å². The fourth-order valence-corrected chi connectivity index (χ4v) is 2.87. The van der Waals surface area contributed by atoms with Gasteiger partial charge in [-0.1, -0.05) is 12.1 Å². The Balaban J connectivity index is 3.17. The number of anilines is 1. The summed E-state index contributed by atoms with van der Waals surface area (Å²) in [5, 5.41) is 0. The average molecular weight is 243 g/mol. The first-order chi connectivity index (χ1) is 7.26. The summed E-state index contributed by atoms with van der Waals surface area (Å²) in [5.41, 5.74) is 2.22. The van der Waals surface area contributed by atoms with E-state index in [1.54, 1.807) is 39.0 Å². The van der Waals surface area contributed by atoms with Crippen molar-refractivity contribution in [1.29, 1.82) is 0 Å². The predicted octanol–water partition coefficient (Wildman–Crippen LogP) is 1.05. The molecule has 0 radical (unpaired) electrons. The zero-order valence-corrected chi connectivity index (χ0v) is 10.4. The molecular formula is C10H17N3O2S. The Morgan fingerprint density at radius 3 is 2.25 bits per heavy atom. The van der Waals surface area contributed by atoms with Crippen LogP contribution in [0.1, 0.15) is 20.8 Å². The molecule has 90 valence electrons. The zero-order valence-electron chi connectivity index (χ0n) is 9.61. The van der Waals surface area contributed by atoms with E-state index in [1.165, 1.54) is 6.07 Å². The molecule has 0 saturated heterocycles. The van der Waals surface area contributed by atoms with Gasteiger partial charge in [0.25, 0.3) is 0 Å². The molecule has 0 aliphatic heterocycles. The van der Waals surface area contributed by atoms with Gasteiger partial charge in [0.05, 0.1) is 5.69 Å². The van der Waals surface area contributed by atoms with E-state index < -0.39 is 15.6 Å². The van der Waals surface area contributed by atoms with Crippen LogP contribution >= 0.6 is 0 Å². The van der Waals surface area contributed by atoms with E-state index in [1.807, 2.05) is 0 Å². The van der Waals surface area contributed by atoms with Crippen molar-refractivity contribution in [2.45, 2.75) is 31.2 Å². The predicted molar refractivity (Wildman–Crippen MR) is 64.3 cm³/mol. The monoisotopic (exact) mass is 243 g/mol. The minimum Gasteiger partial charge on any atom is -0.323 e. The summed E-state index contributed by atoms with van der Waals surface area (Å²) < 4.78 is 26.6. The summed E-state index contributed by atoms with van der Waals surface area (Å²) in [6, 6.07) is 6.48. The van der Waals surface area contributed by atoms with Crippen LogP contribution in [-0.4, -0.2) is 14.0 Å². The van der Waals surface area contributed by atoms with E-state index in [2.05, 4.69) is 10.1 Å². The lowest BCUT2D eigenvalue weighted by Gasteiger charge is -2.21. The standard InChI is InChI=1S/C10H17N3O2S/c1-10(2,3)13-16(14,15)9-7-5-4-6-8(9)12-11/h4-7,12-13H,11H2,1-3H3. The SMILES string of the molecule is CC(C)(C)NS(=O)(=O)c1ccccc1NN. The van der Waals surface area contributed by atoms with Crippen molar-refractivity contribution in [2.24, 2.45) is 5.84 Å². The van der Waals surface area contributed by atoms with Gasteiger partial charge in [0, 0.05) is 5.54 Å². The highest BCUT2D eigenvalue weighted by atomic mass is 32.2. The third kappa shape index (κ3) is 3.19. The molecule has 0 saturated carbocycles. The molecule has 0 heterocycles. The Morgan fingerprint density at radius 2 is 1.75 bits per heavy atom. The number of sulfonamides is 1. The molecule has 6 heteroatoms. The van der Waals surface area contributed by atoms with Crippen LogP contribution in [0.5, 0.6) is 0 Å². The van der Waals surface area contributed by atoms with Crippen LogP contribution < -0.4 is 16.0 Å².